The first-order chi connectivity index (χ1) is 6.74. The summed E-state index contributed by atoms with van der Waals surface area (Å²) >= 11 is 4.49. The number of ether oxygens (including phenoxy) is 1. The highest BCUT2D eigenvalue weighted by molar-refractivity contribution is 7.78. The molecule has 1 aromatic rings. The van der Waals surface area contributed by atoms with Gasteiger partial charge < -0.3 is 4.74 Å². The number of nitrogens with zero attached hydrogens (tertiary/aromatic N) is 1. The molecule has 0 spiro atoms. The molecular weight excluding hydrogens is 202 g/mol. The highest BCUT2D eigenvalue weighted by atomic mass is 32.1. The zero-order valence-electron chi connectivity index (χ0n) is 7.38. The molecule has 0 saturated heterocycles. The molecule has 0 heterocycles. The maximum absolute atomic E-state index is 10.3. The largest absolute Gasteiger partial charge is 0.489 e. The first kappa shape index (κ1) is 10.6. The fraction of sp³-hybridized carbons (Fsp3) is 0.222. The third-order valence-corrected chi connectivity index (χ3v) is 1.86. The van der Waals surface area contributed by atoms with Crippen LogP contribution in [0.1, 0.15) is 5.56 Å². The van der Waals surface area contributed by atoms with Crippen LogP contribution in [0.5, 0.6) is 0 Å². The summed E-state index contributed by atoms with van der Waals surface area (Å²) in [5.41, 5.74) is 2.31. The summed E-state index contributed by atoms with van der Waals surface area (Å²) in [5.74, 6) is 0. The summed E-state index contributed by atoms with van der Waals surface area (Å²) in [5, 5.41) is 10.3. The summed E-state index contributed by atoms with van der Waals surface area (Å²) < 4.78 is 4.87. The van der Waals surface area contributed by atoms with Gasteiger partial charge in [-0.15, -0.1) is 0 Å². The van der Waals surface area contributed by atoms with Gasteiger partial charge in [-0.25, -0.2) is 0 Å². The Hall–Kier alpha value is -1.49. The Balaban J connectivity index is 2.55. The number of hydrogen-bond donors (Lipinski definition) is 0. The smallest absolute Gasteiger partial charge is 0.269 e. The number of nitro benzene ring substituents is 1. The molecule has 4 nitrogen and oxygen atoms in total. The molecule has 0 aliphatic carbocycles. The second-order valence-electron chi connectivity index (χ2n) is 2.64. The normalized spacial score (nSPS) is 9.43. The first-order valence-electron chi connectivity index (χ1n) is 4.02. The van der Waals surface area contributed by atoms with Crippen LogP contribution in [-0.4, -0.2) is 17.1 Å². The standard InChI is InChI=1S/C9H9NO3S/c11-10(12)9-3-1-8(2-4-9)5-6-13-7-14/h1-4,7H,5-6H2. The van der Waals surface area contributed by atoms with E-state index in [0.29, 0.717) is 13.0 Å². The lowest BCUT2D eigenvalue weighted by atomic mass is 10.1. The number of thiocarbonyl (C=S) groups is 1. The van der Waals surface area contributed by atoms with Crippen molar-refractivity contribution in [1.29, 1.82) is 0 Å². The van der Waals surface area contributed by atoms with E-state index in [1.165, 1.54) is 17.7 Å². The van der Waals surface area contributed by atoms with E-state index in [1.54, 1.807) is 12.1 Å². The van der Waals surface area contributed by atoms with Crippen molar-refractivity contribution < 1.29 is 9.66 Å². The topological polar surface area (TPSA) is 52.4 Å². The molecular formula is C9H9NO3S. The van der Waals surface area contributed by atoms with E-state index in [2.05, 4.69) is 12.2 Å². The zero-order valence-corrected chi connectivity index (χ0v) is 8.20. The molecule has 0 amide bonds. The lowest BCUT2D eigenvalue weighted by Crippen LogP contribution is -1.96. The van der Waals surface area contributed by atoms with Crippen LogP contribution in [0.4, 0.5) is 5.69 Å². The molecule has 0 radical (unpaired) electrons. The molecule has 1 rings (SSSR count). The van der Waals surface area contributed by atoms with E-state index in [1.807, 2.05) is 0 Å². The fourth-order valence-corrected chi connectivity index (χ4v) is 1.11. The maximum atomic E-state index is 10.3. The van der Waals surface area contributed by atoms with Gasteiger partial charge in [0.2, 0.25) is 0 Å². The van der Waals surface area contributed by atoms with Crippen molar-refractivity contribution in [2.45, 2.75) is 6.42 Å². The Morgan fingerprint density at radius 3 is 2.57 bits per heavy atom. The second kappa shape index (κ2) is 5.29. The van der Waals surface area contributed by atoms with Gasteiger partial charge in [-0.2, -0.15) is 0 Å². The van der Waals surface area contributed by atoms with Crippen LogP contribution in [0.3, 0.4) is 0 Å². The Morgan fingerprint density at radius 1 is 1.43 bits per heavy atom. The molecule has 0 saturated carbocycles. The van der Waals surface area contributed by atoms with Gasteiger partial charge in [0, 0.05) is 18.6 Å². The van der Waals surface area contributed by atoms with Crippen LogP contribution >= 0.6 is 12.2 Å². The number of non-ortho nitro benzene ring substituents is 1. The van der Waals surface area contributed by atoms with Crippen molar-refractivity contribution in [1.82, 2.24) is 0 Å². The minimum Gasteiger partial charge on any atom is -0.489 e. The molecule has 0 aromatic heterocycles. The van der Waals surface area contributed by atoms with E-state index < -0.39 is 4.92 Å². The molecule has 14 heavy (non-hydrogen) atoms. The predicted molar refractivity (Wildman–Crippen MR) is 56.4 cm³/mol. The van der Waals surface area contributed by atoms with Gasteiger partial charge in [0.15, 0.2) is 0 Å². The average molecular weight is 211 g/mol. The van der Waals surface area contributed by atoms with Crippen LogP contribution in [0.25, 0.3) is 0 Å². The van der Waals surface area contributed by atoms with Crippen molar-refractivity contribution >= 4 is 23.5 Å². The molecule has 0 bridgehead atoms. The summed E-state index contributed by atoms with van der Waals surface area (Å²) in [4.78, 5) is 9.92. The minimum atomic E-state index is -0.419. The summed E-state index contributed by atoms with van der Waals surface area (Å²) in [7, 11) is 0. The molecule has 5 heteroatoms. The molecule has 74 valence electrons. The Bertz CT molecular complexity index is 323. The SMILES string of the molecule is O=[N+]([O-])c1ccc(CCOC=S)cc1. The van der Waals surface area contributed by atoms with Gasteiger partial charge in [-0.05, 0) is 17.8 Å². The van der Waals surface area contributed by atoms with Gasteiger partial charge >= 0.3 is 0 Å². The highest BCUT2D eigenvalue weighted by Gasteiger charge is 2.03. The summed E-state index contributed by atoms with van der Waals surface area (Å²) in [6.07, 6.45) is 0.700. The van der Waals surface area contributed by atoms with Gasteiger partial charge in [-0.3, -0.25) is 10.1 Å². The number of rotatable bonds is 5. The van der Waals surface area contributed by atoms with Crippen LogP contribution in [0, 0.1) is 10.1 Å². The van der Waals surface area contributed by atoms with Crippen LogP contribution in [-0.2, 0) is 11.2 Å². The Kier molecular flexibility index (Phi) is 4.00. The third kappa shape index (κ3) is 3.10. The lowest BCUT2D eigenvalue weighted by molar-refractivity contribution is -0.384. The van der Waals surface area contributed by atoms with Crippen molar-refractivity contribution in [3.63, 3.8) is 0 Å². The van der Waals surface area contributed by atoms with Gasteiger partial charge in [-0.1, -0.05) is 12.1 Å². The minimum absolute atomic E-state index is 0.101. The van der Waals surface area contributed by atoms with Crippen LogP contribution < -0.4 is 0 Å². The third-order valence-electron chi connectivity index (χ3n) is 1.72. The van der Waals surface area contributed by atoms with E-state index in [4.69, 9.17) is 4.74 Å². The fourth-order valence-electron chi connectivity index (χ4n) is 1.01. The molecule has 0 atom stereocenters. The average Bonchev–Trinajstić information content (AvgIpc) is 2.19. The highest BCUT2D eigenvalue weighted by Crippen LogP contribution is 2.11. The molecule has 0 aliphatic rings. The molecule has 0 aliphatic heterocycles. The van der Waals surface area contributed by atoms with Crippen molar-refractivity contribution in [3.8, 4) is 0 Å². The Labute approximate surface area is 86.7 Å². The van der Waals surface area contributed by atoms with Gasteiger partial charge in [0.1, 0.15) is 5.55 Å². The van der Waals surface area contributed by atoms with E-state index in [0.717, 1.165) is 5.56 Å². The van der Waals surface area contributed by atoms with E-state index >= 15 is 0 Å². The maximum Gasteiger partial charge on any atom is 0.269 e. The molecule has 0 fully saturated rings. The van der Waals surface area contributed by atoms with Crippen molar-refractivity contribution in [3.05, 3.63) is 39.9 Å². The van der Waals surface area contributed by atoms with Crippen LogP contribution in [0.2, 0.25) is 0 Å². The first-order valence-corrected chi connectivity index (χ1v) is 4.50. The van der Waals surface area contributed by atoms with Gasteiger partial charge in [0.05, 0.1) is 11.5 Å². The van der Waals surface area contributed by atoms with Crippen molar-refractivity contribution in [2.75, 3.05) is 6.61 Å². The Morgan fingerprint density at radius 2 is 2.07 bits per heavy atom. The van der Waals surface area contributed by atoms with E-state index in [9.17, 15) is 10.1 Å². The van der Waals surface area contributed by atoms with Crippen LogP contribution in [0.15, 0.2) is 24.3 Å². The number of nitro groups is 1. The zero-order chi connectivity index (χ0) is 10.4. The van der Waals surface area contributed by atoms with E-state index in [-0.39, 0.29) is 5.69 Å². The van der Waals surface area contributed by atoms with Gasteiger partial charge in [0.25, 0.3) is 5.69 Å². The lowest BCUT2D eigenvalue weighted by Gasteiger charge is -1.99. The summed E-state index contributed by atoms with van der Waals surface area (Å²) in [6.45, 7) is 0.501. The molecule has 1 aromatic carbocycles. The quantitative estimate of drug-likeness (QED) is 0.324. The van der Waals surface area contributed by atoms with Crippen molar-refractivity contribution in [2.24, 2.45) is 0 Å². The second-order valence-corrected chi connectivity index (χ2v) is 2.83. The predicted octanol–water partition coefficient (Wildman–Crippen LogP) is 2.11. The molecule has 0 N–H and O–H groups in total. The molecule has 0 unspecified atom stereocenters. The number of benzene rings is 1. The number of hydrogen-bond acceptors (Lipinski definition) is 4. The summed E-state index contributed by atoms with van der Waals surface area (Å²) in [6, 6.07) is 6.38. The monoisotopic (exact) mass is 211 g/mol.